The van der Waals surface area contributed by atoms with Crippen LogP contribution >= 0.6 is 0 Å². The van der Waals surface area contributed by atoms with Crippen molar-refractivity contribution in [3.8, 4) is 0 Å². The summed E-state index contributed by atoms with van der Waals surface area (Å²) in [5, 5.41) is 19.2. The first kappa shape index (κ1) is 24.9. The van der Waals surface area contributed by atoms with Gasteiger partial charge in [-0.2, -0.15) is 0 Å². The Labute approximate surface area is 203 Å². The molecular weight excluding hydrogens is 471 g/mol. The molecule has 9 heteroatoms. The average Bonchev–Trinajstić information content (AvgIpc) is 2.81. The van der Waals surface area contributed by atoms with Gasteiger partial charge in [0, 0.05) is 18.2 Å². The molecule has 7 nitrogen and oxygen atoms in total. The van der Waals surface area contributed by atoms with Gasteiger partial charge in [-0.1, -0.05) is 36.4 Å². The first-order valence-electron chi connectivity index (χ1n) is 11.0. The van der Waals surface area contributed by atoms with Crippen LogP contribution in [0.1, 0.15) is 33.4 Å². The average molecular weight is 497 g/mol. The maximum Gasteiger partial charge on any atom is 0.254 e. The summed E-state index contributed by atoms with van der Waals surface area (Å²) >= 11 is -1.94. The van der Waals surface area contributed by atoms with Crippen LogP contribution in [0.15, 0.2) is 65.6 Å². The van der Waals surface area contributed by atoms with Gasteiger partial charge in [-0.05, 0) is 59.4 Å². The Bertz CT molecular complexity index is 1430. The molecule has 2 aromatic heterocycles. The molecule has 0 saturated carbocycles. The summed E-state index contributed by atoms with van der Waals surface area (Å²) in [6.07, 6.45) is 0.403. The number of nitrogens with zero attached hydrogens (tertiary/aromatic N) is 2. The van der Waals surface area contributed by atoms with E-state index in [1.54, 1.807) is 54.1 Å². The molecule has 2 aromatic carbocycles. The fraction of sp³-hybridized carbons (Fsp3) is 0.231. The Kier molecular flexibility index (Phi) is 7.51. The van der Waals surface area contributed by atoms with Crippen LogP contribution in [-0.2, 0) is 36.2 Å². The SMILES string of the molecule is Cc1c(CC(O)O)c2ncc(Cc3ccc(F)cc3)cc2n(Cc2ccc(CS(=O)O)cc2)c1=O. The van der Waals surface area contributed by atoms with E-state index in [1.165, 1.54) is 12.1 Å². The van der Waals surface area contributed by atoms with E-state index in [2.05, 4.69) is 4.98 Å². The maximum absolute atomic E-state index is 13.4. The number of hydrogen-bond acceptors (Lipinski definition) is 5. The molecule has 1 atom stereocenters. The fourth-order valence-corrected chi connectivity index (χ4v) is 4.62. The van der Waals surface area contributed by atoms with Crippen LogP contribution in [-0.4, -0.2) is 34.8 Å². The van der Waals surface area contributed by atoms with Gasteiger partial charge in [-0.15, -0.1) is 0 Å². The number of fused-ring (bicyclic) bond motifs is 1. The van der Waals surface area contributed by atoms with E-state index < -0.39 is 17.4 Å². The standard InChI is InChI=1S/C26H25FN2O5S/c1-16-22(12-24(30)31)25-23(11-20(13-28-25)10-17-6-8-21(27)9-7-17)29(26(16)32)14-18-2-4-19(5-3-18)15-35(33)34/h2-9,11,13,24,30-31H,10,12,14-15H2,1H3,(H,33,34). The highest BCUT2D eigenvalue weighted by Gasteiger charge is 2.18. The first-order chi connectivity index (χ1) is 16.7. The van der Waals surface area contributed by atoms with Crippen molar-refractivity contribution in [2.24, 2.45) is 0 Å². The second kappa shape index (κ2) is 10.6. The summed E-state index contributed by atoms with van der Waals surface area (Å²) in [6.45, 7) is 1.88. The van der Waals surface area contributed by atoms with Gasteiger partial charge in [0.25, 0.3) is 5.56 Å². The van der Waals surface area contributed by atoms with Gasteiger partial charge >= 0.3 is 0 Å². The van der Waals surface area contributed by atoms with E-state index in [4.69, 9.17) is 4.55 Å². The Morgan fingerprint density at radius 3 is 2.26 bits per heavy atom. The number of aliphatic hydroxyl groups is 2. The van der Waals surface area contributed by atoms with Gasteiger partial charge in [0.1, 0.15) is 5.82 Å². The third kappa shape index (κ3) is 5.88. The molecule has 0 spiro atoms. The Morgan fingerprint density at radius 1 is 1.00 bits per heavy atom. The third-order valence-corrected chi connectivity index (χ3v) is 6.46. The van der Waals surface area contributed by atoms with Crippen LogP contribution in [0.4, 0.5) is 4.39 Å². The quantitative estimate of drug-likeness (QED) is 0.255. The Balaban J connectivity index is 1.80. The highest BCUT2D eigenvalue weighted by Crippen LogP contribution is 2.23. The highest BCUT2D eigenvalue weighted by atomic mass is 32.2. The smallest absolute Gasteiger partial charge is 0.254 e. The lowest BCUT2D eigenvalue weighted by atomic mass is 10.0. The van der Waals surface area contributed by atoms with Crippen LogP contribution in [0.25, 0.3) is 11.0 Å². The van der Waals surface area contributed by atoms with Crippen molar-refractivity contribution in [1.82, 2.24) is 9.55 Å². The van der Waals surface area contributed by atoms with E-state index in [0.29, 0.717) is 34.1 Å². The first-order valence-corrected chi connectivity index (χ1v) is 12.3. The van der Waals surface area contributed by atoms with E-state index >= 15 is 0 Å². The predicted octanol–water partition coefficient (Wildman–Crippen LogP) is 3.06. The minimum atomic E-state index is -1.94. The van der Waals surface area contributed by atoms with E-state index in [-0.39, 0.29) is 30.1 Å². The van der Waals surface area contributed by atoms with Crippen molar-refractivity contribution in [3.05, 3.63) is 110 Å². The number of halogens is 1. The van der Waals surface area contributed by atoms with Crippen molar-refractivity contribution in [1.29, 1.82) is 0 Å². The molecule has 4 rings (SSSR count). The van der Waals surface area contributed by atoms with Gasteiger partial charge in [0.2, 0.25) is 0 Å². The van der Waals surface area contributed by atoms with Crippen LogP contribution in [0, 0.1) is 12.7 Å². The van der Waals surface area contributed by atoms with Crippen LogP contribution in [0.2, 0.25) is 0 Å². The zero-order chi connectivity index (χ0) is 25.1. The number of benzene rings is 2. The zero-order valence-electron chi connectivity index (χ0n) is 19.0. The lowest BCUT2D eigenvalue weighted by molar-refractivity contribution is -0.0380. The van der Waals surface area contributed by atoms with E-state index in [1.807, 2.05) is 6.07 Å². The highest BCUT2D eigenvalue weighted by molar-refractivity contribution is 7.78. The van der Waals surface area contributed by atoms with Crippen molar-refractivity contribution >= 4 is 22.1 Å². The molecule has 0 aliphatic carbocycles. The molecule has 4 aromatic rings. The van der Waals surface area contributed by atoms with Gasteiger partial charge < -0.3 is 19.3 Å². The van der Waals surface area contributed by atoms with Crippen molar-refractivity contribution in [3.63, 3.8) is 0 Å². The normalized spacial score (nSPS) is 12.4. The van der Waals surface area contributed by atoms with Crippen LogP contribution in [0.3, 0.4) is 0 Å². The molecule has 0 aliphatic rings. The molecule has 0 fully saturated rings. The second-order valence-electron chi connectivity index (χ2n) is 8.48. The monoisotopic (exact) mass is 496 g/mol. The van der Waals surface area contributed by atoms with Gasteiger partial charge in [0.05, 0.1) is 23.3 Å². The number of rotatable bonds is 8. The van der Waals surface area contributed by atoms with Gasteiger partial charge in [-0.3, -0.25) is 9.78 Å². The Hall–Kier alpha value is -3.24. The summed E-state index contributed by atoms with van der Waals surface area (Å²) in [7, 11) is 0. The lowest BCUT2D eigenvalue weighted by Gasteiger charge is -2.17. The van der Waals surface area contributed by atoms with Crippen LogP contribution in [0.5, 0.6) is 0 Å². The van der Waals surface area contributed by atoms with Crippen molar-refractivity contribution in [2.75, 3.05) is 0 Å². The molecule has 0 saturated heterocycles. The number of pyridine rings is 2. The Morgan fingerprint density at radius 2 is 1.63 bits per heavy atom. The van der Waals surface area contributed by atoms with Gasteiger partial charge in [0.15, 0.2) is 17.4 Å². The van der Waals surface area contributed by atoms with Crippen LogP contribution < -0.4 is 5.56 Å². The van der Waals surface area contributed by atoms with Crippen molar-refractivity contribution in [2.45, 2.75) is 38.4 Å². The molecule has 1 unspecified atom stereocenters. The number of aromatic nitrogens is 2. The molecule has 2 heterocycles. The molecule has 0 amide bonds. The molecule has 0 aliphatic heterocycles. The molecule has 3 N–H and O–H groups in total. The largest absolute Gasteiger partial charge is 0.368 e. The molecule has 0 bridgehead atoms. The predicted molar refractivity (Wildman–Crippen MR) is 132 cm³/mol. The maximum atomic E-state index is 13.4. The lowest BCUT2D eigenvalue weighted by Crippen LogP contribution is -2.27. The number of aliphatic hydroxyl groups excluding tert-OH is 1. The molecule has 182 valence electrons. The summed E-state index contributed by atoms with van der Waals surface area (Å²) in [6, 6.07) is 15.1. The van der Waals surface area contributed by atoms with Crippen molar-refractivity contribution < 1.29 is 23.4 Å². The summed E-state index contributed by atoms with van der Waals surface area (Å²) in [4.78, 5) is 17.9. The summed E-state index contributed by atoms with van der Waals surface area (Å²) < 4.78 is 35.0. The number of hydrogen-bond donors (Lipinski definition) is 3. The summed E-state index contributed by atoms with van der Waals surface area (Å²) in [5.74, 6) is -0.296. The zero-order valence-corrected chi connectivity index (χ0v) is 19.8. The minimum Gasteiger partial charge on any atom is -0.368 e. The minimum absolute atomic E-state index is 0.0249. The summed E-state index contributed by atoms with van der Waals surface area (Å²) in [5.41, 5.74) is 4.88. The topological polar surface area (TPSA) is 113 Å². The van der Waals surface area contributed by atoms with E-state index in [0.717, 1.165) is 16.7 Å². The molecule has 35 heavy (non-hydrogen) atoms. The molecule has 0 radical (unpaired) electrons. The fourth-order valence-electron chi connectivity index (χ4n) is 4.14. The van der Waals surface area contributed by atoms with Gasteiger partial charge in [-0.25, -0.2) is 8.60 Å². The third-order valence-electron chi connectivity index (χ3n) is 5.88. The molecular formula is C26H25FN2O5S. The second-order valence-corrected chi connectivity index (χ2v) is 9.41. The van der Waals surface area contributed by atoms with E-state index in [9.17, 15) is 23.6 Å².